The summed E-state index contributed by atoms with van der Waals surface area (Å²) < 4.78 is 5.79. The highest BCUT2D eigenvalue weighted by Crippen LogP contribution is 2.16. The number of anilines is 1. The zero-order valence-electron chi connectivity index (χ0n) is 18.0. The van der Waals surface area contributed by atoms with Gasteiger partial charge in [-0.25, -0.2) is 0 Å². The Morgan fingerprint density at radius 3 is 2.59 bits per heavy atom. The molecule has 1 aromatic rings. The van der Waals surface area contributed by atoms with Gasteiger partial charge in [-0.3, -0.25) is 9.79 Å². The Balaban J connectivity index is 0.00000420. The number of carbonyl (C=O) groups excluding carboxylic acids is 1. The van der Waals surface area contributed by atoms with Crippen LogP contribution < -0.4 is 20.9 Å². The van der Waals surface area contributed by atoms with Gasteiger partial charge in [0.05, 0.1) is 12.6 Å². The van der Waals surface area contributed by atoms with Gasteiger partial charge in [-0.2, -0.15) is 0 Å². The topological polar surface area (TPSA) is 78.0 Å². The van der Waals surface area contributed by atoms with E-state index < -0.39 is 0 Å². The van der Waals surface area contributed by atoms with Crippen molar-refractivity contribution in [3.63, 3.8) is 0 Å². The van der Waals surface area contributed by atoms with E-state index in [2.05, 4.69) is 64.0 Å². The fourth-order valence-corrected chi connectivity index (χ4v) is 3.25. The molecule has 1 saturated heterocycles. The second kappa shape index (κ2) is 13.6. The van der Waals surface area contributed by atoms with E-state index in [0.717, 1.165) is 37.8 Å². The monoisotopic (exact) mass is 517 g/mol. The fraction of sp³-hybridized carbons (Fsp3) is 0.619. The first-order valence-electron chi connectivity index (χ1n) is 10.2. The van der Waals surface area contributed by atoms with Crippen LogP contribution in [-0.4, -0.2) is 57.8 Å². The largest absolute Gasteiger partial charge is 0.378 e. The number of guanidine groups is 1. The van der Waals surface area contributed by atoms with E-state index in [-0.39, 0.29) is 36.0 Å². The summed E-state index contributed by atoms with van der Waals surface area (Å²) in [5, 5.41) is 9.56. The molecule has 1 aromatic carbocycles. The summed E-state index contributed by atoms with van der Waals surface area (Å²) in [6.07, 6.45) is 1.21. The van der Waals surface area contributed by atoms with Crippen molar-refractivity contribution in [1.82, 2.24) is 16.0 Å². The number of hydrogen-bond acceptors (Lipinski definition) is 4. The molecule has 0 aliphatic carbocycles. The van der Waals surface area contributed by atoms with E-state index in [9.17, 15) is 4.79 Å². The first kappa shape index (κ1) is 25.5. The van der Waals surface area contributed by atoms with Crippen molar-refractivity contribution in [3.05, 3.63) is 29.8 Å². The van der Waals surface area contributed by atoms with Gasteiger partial charge in [0, 0.05) is 45.5 Å². The van der Waals surface area contributed by atoms with Crippen LogP contribution >= 0.6 is 24.0 Å². The predicted octanol–water partition coefficient (Wildman–Crippen LogP) is 2.36. The third-order valence-corrected chi connectivity index (χ3v) is 4.87. The van der Waals surface area contributed by atoms with Crippen LogP contribution in [0.3, 0.4) is 0 Å². The lowest BCUT2D eigenvalue weighted by Crippen LogP contribution is -2.47. The summed E-state index contributed by atoms with van der Waals surface area (Å²) in [5.41, 5.74) is 2.25. The Labute approximate surface area is 192 Å². The fourth-order valence-electron chi connectivity index (χ4n) is 3.25. The molecule has 1 aliphatic rings. The van der Waals surface area contributed by atoms with E-state index in [1.807, 2.05) is 6.92 Å². The third kappa shape index (κ3) is 8.77. The maximum absolute atomic E-state index is 11.5. The van der Waals surface area contributed by atoms with Crippen LogP contribution in [0.5, 0.6) is 0 Å². The Hall–Kier alpha value is -1.55. The lowest BCUT2D eigenvalue weighted by molar-refractivity contribution is -0.120. The molecular weight excluding hydrogens is 481 g/mol. The van der Waals surface area contributed by atoms with Crippen molar-refractivity contribution in [2.75, 3.05) is 44.7 Å². The molecule has 0 radical (unpaired) electrons. The van der Waals surface area contributed by atoms with Crippen LogP contribution in [0.15, 0.2) is 29.3 Å². The maximum atomic E-state index is 11.5. The molecule has 8 heteroatoms. The summed E-state index contributed by atoms with van der Waals surface area (Å²) in [6.45, 7) is 10.6. The number of benzene rings is 1. The number of piperazine rings is 1. The summed E-state index contributed by atoms with van der Waals surface area (Å²) in [5.74, 6) is 1.37. The molecule has 0 aromatic heterocycles. The van der Waals surface area contributed by atoms with Crippen molar-refractivity contribution in [2.45, 2.75) is 39.8 Å². The Morgan fingerprint density at radius 2 is 2.00 bits per heavy atom. The van der Waals surface area contributed by atoms with Crippen LogP contribution in [0, 0.1) is 5.92 Å². The van der Waals surface area contributed by atoms with Crippen LogP contribution in [0.25, 0.3) is 0 Å². The third-order valence-electron chi connectivity index (χ3n) is 4.87. The molecule has 7 nitrogen and oxygen atoms in total. The first-order valence-corrected chi connectivity index (χ1v) is 10.2. The summed E-state index contributed by atoms with van der Waals surface area (Å²) in [4.78, 5) is 17.9. The molecule has 0 spiro atoms. The number of hydrogen-bond donors (Lipinski definition) is 3. The second-order valence-corrected chi connectivity index (χ2v) is 7.32. The molecule has 1 fully saturated rings. The van der Waals surface area contributed by atoms with Crippen molar-refractivity contribution in [1.29, 1.82) is 0 Å². The normalized spacial score (nSPS) is 15.6. The van der Waals surface area contributed by atoms with E-state index in [1.54, 1.807) is 7.05 Å². The molecule has 0 bridgehead atoms. The van der Waals surface area contributed by atoms with Crippen molar-refractivity contribution >= 4 is 41.5 Å². The van der Waals surface area contributed by atoms with Crippen LogP contribution in [0.2, 0.25) is 0 Å². The van der Waals surface area contributed by atoms with Gasteiger partial charge < -0.3 is 25.6 Å². The van der Waals surface area contributed by atoms with Crippen molar-refractivity contribution in [2.24, 2.45) is 10.9 Å². The van der Waals surface area contributed by atoms with Gasteiger partial charge in [-0.1, -0.05) is 26.0 Å². The smallest absolute Gasteiger partial charge is 0.239 e. The molecule has 3 N–H and O–H groups in total. The quantitative estimate of drug-likeness (QED) is 0.267. The Bertz CT molecular complexity index is 636. The van der Waals surface area contributed by atoms with E-state index >= 15 is 0 Å². The summed E-state index contributed by atoms with van der Waals surface area (Å²) in [6, 6.07) is 8.32. The number of halogens is 1. The Kier molecular flexibility index (Phi) is 12.0. The van der Waals surface area contributed by atoms with Gasteiger partial charge in [0.25, 0.3) is 0 Å². The maximum Gasteiger partial charge on any atom is 0.239 e. The predicted molar refractivity (Wildman–Crippen MR) is 130 cm³/mol. The minimum absolute atomic E-state index is 0. The van der Waals surface area contributed by atoms with Crippen LogP contribution in [0.1, 0.15) is 32.8 Å². The summed E-state index contributed by atoms with van der Waals surface area (Å²) in [7, 11) is 1.78. The molecule has 1 atom stereocenters. The van der Waals surface area contributed by atoms with Gasteiger partial charge in [0.2, 0.25) is 5.91 Å². The van der Waals surface area contributed by atoms with Crippen molar-refractivity contribution in [3.8, 4) is 0 Å². The molecule has 1 amide bonds. The molecule has 1 heterocycles. The van der Waals surface area contributed by atoms with E-state index in [4.69, 9.17) is 4.74 Å². The summed E-state index contributed by atoms with van der Waals surface area (Å²) >= 11 is 0. The highest BCUT2D eigenvalue weighted by molar-refractivity contribution is 14.0. The number of ether oxygens (including phenoxy) is 1. The lowest BCUT2D eigenvalue weighted by Gasteiger charge is -2.28. The second-order valence-electron chi connectivity index (χ2n) is 7.32. The number of nitrogens with one attached hydrogen (secondary N) is 3. The minimum atomic E-state index is 0. The van der Waals surface area contributed by atoms with Gasteiger partial charge in [-0.15, -0.1) is 24.0 Å². The number of carbonyl (C=O) groups is 1. The van der Waals surface area contributed by atoms with E-state index in [0.29, 0.717) is 25.6 Å². The first-order chi connectivity index (χ1) is 13.5. The molecule has 29 heavy (non-hydrogen) atoms. The SMILES string of the molecule is CCOC(CCNC(=NC)NCc1ccc(N2CCNC(=O)C2)cc1)C(C)C.I. The number of amides is 1. The van der Waals surface area contributed by atoms with Crippen LogP contribution in [-0.2, 0) is 16.1 Å². The van der Waals surface area contributed by atoms with Gasteiger partial charge in [0.1, 0.15) is 0 Å². The Morgan fingerprint density at radius 1 is 1.28 bits per heavy atom. The molecule has 2 rings (SSSR count). The zero-order chi connectivity index (χ0) is 20.4. The zero-order valence-corrected chi connectivity index (χ0v) is 20.4. The molecule has 1 unspecified atom stereocenters. The highest BCUT2D eigenvalue weighted by Gasteiger charge is 2.16. The average Bonchev–Trinajstić information content (AvgIpc) is 2.70. The molecule has 1 aliphatic heterocycles. The number of aliphatic imine (C=N–C) groups is 1. The minimum Gasteiger partial charge on any atom is -0.378 e. The average molecular weight is 517 g/mol. The highest BCUT2D eigenvalue weighted by atomic mass is 127. The van der Waals surface area contributed by atoms with E-state index in [1.165, 1.54) is 5.56 Å². The standard InChI is InChI=1S/C21H35N5O2.HI/c1-5-28-19(16(2)3)10-11-24-21(22-4)25-14-17-6-8-18(9-7-17)26-13-12-23-20(27)15-26;/h6-9,16,19H,5,10-15H2,1-4H3,(H,23,27)(H2,22,24,25);1H. The van der Waals surface area contributed by atoms with Crippen LogP contribution in [0.4, 0.5) is 5.69 Å². The molecule has 0 saturated carbocycles. The number of nitrogens with zero attached hydrogens (tertiary/aromatic N) is 2. The lowest BCUT2D eigenvalue weighted by atomic mass is 10.0. The van der Waals surface area contributed by atoms with Gasteiger partial charge in [0.15, 0.2) is 5.96 Å². The molecule has 164 valence electrons. The number of rotatable bonds is 9. The van der Waals surface area contributed by atoms with Gasteiger partial charge >= 0.3 is 0 Å². The van der Waals surface area contributed by atoms with Gasteiger partial charge in [-0.05, 0) is 37.0 Å². The molecular formula is C21H36IN5O2. The van der Waals surface area contributed by atoms with Crippen molar-refractivity contribution < 1.29 is 9.53 Å².